The molecular formula is C39H39ClN2O2. The summed E-state index contributed by atoms with van der Waals surface area (Å²) in [7, 11) is 0. The third-order valence-corrected chi connectivity index (χ3v) is 8.18. The average Bonchev–Trinajstić information content (AvgIpc) is 3.06. The Morgan fingerprint density at radius 3 is 1.39 bits per heavy atom. The second-order valence-corrected chi connectivity index (χ2v) is 11.4. The number of nitrogens with zero attached hydrogens (tertiary/aromatic N) is 2. The highest BCUT2D eigenvalue weighted by molar-refractivity contribution is 6.31. The summed E-state index contributed by atoms with van der Waals surface area (Å²) in [5, 5.41) is 0.533. The van der Waals surface area contributed by atoms with Crippen molar-refractivity contribution in [2.24, 2.45) is 0 Å². The van der Waals surface area contributed by atoms with Gasteiger partial charge in [0.05, 0.1) is 6.61 Å². The maximum Gasteiger partial charge on any atom is 0.332 e. The summed E-state index contributed by atoms with van der Waals surface area (Å²) in [6.07, 6.45) is 0. The number of ether oxygens (including phenoxy) is 1. The van der Waals surface area contributed by atoms with Crippen molar-refractivity contribution in [2.75, 3.05) is 13.2 Å². The summed E-state index contributed by atoms with van der Waals surface area (Å²) < 4.78 is 6.01. The van der Waals surface area contributed by atoms with E-state index in [1.807, 2.05) is 79.7 Å². The summed E-state index contributed by atoms with van der Waals surface area (Å²) in [6, 6.07) is 49.1. The minimum Gasteiger partial charge on any atom is -0.464 e. The van der Waals surface area contributed by atoms with Crippen molar-refractivity contribution in [2.45, 2.75) is 38.6 Å². The van der Waals surface area contributed by atoms with E-state index in [2.05, 4.69) is 82.6 Å². The summed E-state index contributed by atoms with van der Waals surface area (Å²) in [6.45, 7) is 4.80. The van der Waals surface area contributed by atoms with Gasteiger partial charge in [-0.1, -0.05) is 151 Å². The van der Waals surface area contributed by atoms with Crippen LogP contribution in [0, 0.1) is 0 Å². The molecule has 0 bridgehead atoms. The van der Waals surface area contributed by atoms with Gasteiger partial charge in [0.25, 0.3) is 0 Å². The highest BCUT2D eigenvalue weighted by Gasteiger charge is 2.49. The van der Waals surface area contributed by atoms with Gasteiger partial charge in [-0.15, -0.1) is 0 Å². The van der Waals surface area contributed by atoms with E-state index in [-0.39, 0.29) is 12.6 Å². The number of carbonyl (C=O) groups is 1. The van der Waals surface area contributed by atoms with Gasteiger partial charge in [-0.25, -0.2) is 4.79 Å². The van der Waals surface area contributed by atoms with Crippen LogP contribution < -0.4 is 0 Å². The normalized spacial score (nSPS) is 12.6. The molecule has 1 unspecified atom stereocenters. The van der Waals surface area contributed by atoms with Gasteiger partial charge in [-0.2, -0.15) is 0 Å². The number of hydrogen-bond donors (Lipinski definition) is 0. The van der Waals surface area contributed by atoms with Crippen LogP contribution in [-0.2, 0) is 41.2 Å². The van der Waals surface area contributed by atoms with E-state index in [0.29, 0.717) is 37.7 Å². The zero-order chi connectivity index (χ0) is 30.6. The molecule has 0 N–H and O–H groups in total. The van der Waals surface area contributed by atoms with E-state index in [4.69, 9.17) is 16.3 Å². The maximum absolute atomic E-state index is 14.7. The standard InChI is InChI=1S/C39H39ClN2O2/c1-2-44-38(43)39(36-25-15-16-26-37(36)40,42(29-34-21-11-5-12-22-34)30-35-23-13-6-14-24-35)31-41(27-32-17-7-3-8-18-32)28-33-19-9-4-10-20-33/h3-26H,2,27-31H2,1H3. The smallest absolute Gasteiger partial charge is 0.332 e. The molecule has 0 amide bonds. The van der Waals surface area contributed by atoms with Gasteiger partial charge >= 0.3 is 5.97 Å². The Bertz CT molecular complexity index is 1500. The van der Waals surface area contributed by atoms with Crippen molar-refractivity contribution in [1.29, 1.82) is 0 Å². The predicted molar refractivity (Wildman–Crippen MR) is 179 cm³/mol. The van der Waals surface area contributed by atoms with Gasteiger partial charge < -0.3 is 4.74 Å². The molecule has 0 spiro atoms. The lowest BCUT2D eigenvalue weighted by Crippen LogP contribution is -2.58. The fraction of sp³-hybridized carbons (Fsp3) is 0.205. The van der Waals surface area contributed by atoms with Gasteiger partial charge in [-0.05, 0) is 35.2 Å². The number of rotatable bonds is 14. The van der Waals surface area contributed by atoms with Crippen molar-refractivity contribution in [3.63, 3.8) is 0 Å². The molecule has 0 aliphatic rings. The zero-order valence-electron chi connectivity index (χ0n) is 25.2. The van der Waals surface area contributed by atoms with Crippen LogP contribution in [0.2, 0.25) is 5.02 Å². The van der Waals surface area contributed by atoms with Gasteiger partial charge in [0.2, 0.25) is 0 Å². The van der Waals surface area contributed by atoms with Gasteiger partial charge in [0.15, 0.2) is 5.54 Å². The maximum atomic E-state index is 14.7. The van der Waals surface area contributed by atoms with E-state index in [1.54, 1.807) is 0 Å². The summed E-state index contributed by atoms with van der Waals surface area (Å²) in [5.74, 6) is -0.314. The van der Waals surface area contributed by atoms with Crippen LogP contribution >= 0.6 is 11.6 Å². The highest BCUT2D eigenvalue weighted by atomic mass is 35.5. The molecule has 44 heavy (non-hydrogen) atoms. The first-order valence-electron chi connectivity index (χ1n) is 15.1. The Labute approximate surface area is 266 Å². The van der Waals surface area contributed by atoms with Crippen molar-refractivity contribution < 1.29 is 9.53 Å². The third-order valence-electron chi connectivity index (χ3n) is 7.86. The van der Waals surface area contributed by atoms with Crippen LogP contribution in [-0.4, -0.2) is 28.9 Å². The van der Waals surface area contributed by atoms with E-state index in [9.17, 15) is 4.79 Å². The monoisotopic (exact) mass is 602 g/mol. The minimum atomic E-state index is -1.23. The fourth-order valence-electron chi connectivity index (χ4n) is 5.81. The van der Waals surface area contributed by atoms with Crippen LogP contribution in [0.25, 0.3) is 0 Å². The van der Waals surface area contributed by atoms with Crippen molar-refractivity contribution in [1.82, 2.24) is 9.80 Å². The molecule has 1 atom stereocenters. The largest absolute Gasteiger partial charge is 0.464 e. The fourth-order valence-corrected chi connectivity index (χ4v) is 6.11. The molecule has 0 saturated carbocycles. The molecule has 0 heterocycles. The minimum absolute atomic E-state index is 0.257. The molecule has 224 valence electrons. The van der Waals surface area contributed by atoms with E-state index in [1.165, 1.54) is 0 Å². The lowest BCUT2D eigenvalue weighted by atomic mass is 9.85. The average molecular weight is 603 g/mol. The van der Waals surface area contributed by atoms with Crippen LogP contribution in [0.1, 0.15) is 34.7 Å². The Morgan fingerprint density at radius 2 is 0.977 bits per heavy atom. The number of esters is 1. The summed E-state index contributed by atoms with van der Waals surface area (Å²) >= 11 is 7.05. The van der Waals surface area contributed by atoms with Crippen molar-refractivity contribution in [3.05, 3.63) is 178 Å². The molecule has 5 aromatic rings. The molecule has 5 aromatic carbocycles. The second-order valence-electron chi connectivity index (χ2n) is 11.0. The Balaban J connectivity index is 1.70. The van der Waals surface area contributed by atoms with Gasteiger partial charge in [0.1, 0.15) is 0 Å². The topological polar surface area (TPSA) is 32.8 Å². The van der Waals surface area contributed by atoms with Gasteiger partial charge in [0, 0.05) is 43.3 Å². The molecule has 0 aliphatic heterocycles. The van der Waals surface area contributed by atoms with Crippen LogP contribution in [0.5, 0.6) is 0 Å². The molecule has 0 aromatic heterocycles. The lowest BCUT2D eigenvalue weighted by Gasteiger charge is -2.45. The molecule has 0 aliphatic carbocycles. The molecular weight excluding hydrogens is 564 g/mol. The van der Waals surface area contributed by atoms with Crippen LogP contribution in [0.15, 0.2) is 146 Å². The Kier molecular flexibility index (Phi) is 11.0. The SMILES string of the molecule is CCOC(=O)C(CN(Cc1ccccc1)Cc1ccccc1)(c1ccccc1Cl)N(Cc1ccccc1)Cc1ccccc1. The first kappa shape index (κ1) is 31.2. The Morgan fingerprint density at radius 1 is 0.591 bits per heavy atom. The number of hydrogen-bond acceptors (Lipinski definition) is 4. The van der Waals surface area contributed by atoms with Crippen molar-refractivity contribution in [3.8, 4) is 0 Å². The first-order chi connectivity index (χ1) is 21.6. The quantitative estimate of drug-likeness (QED) is 0.119. The Hall–Kier alpha value is -4.22. The zero-order valence-corrected chi connectivity index (χ0v) is 25.9. The number of carbonyl (C=O) groups excluding carboxylic acids is 1. The van der Waals surface area contributed by atoms with Crippen LogP contribution in [0.3, 0.4) is 0 Å². The molecule has 4 nitrogen and oxygen atoms in total. The third kappa shape index (κ3) is 7.83. The molecule has 0 fully saturated rings. The lowest BCUT2D eigenvalue weighted by molar-refractivity contribution is -0.162. The molecule has 5 rings (SSSR count). The first-order valence-corrected chi connectivity index (χ1v) is 15.5. The number of benzene rings is 5. The summed E-state index contributed by atoms with van der Waals surface area (Å²) in [4.78, 5) is 19.3. The van der Waals surface area contributed by atoms with Gasteiger partial charge in [-0.3, -0.25) is 9.80 Å². The van der Waals surface area contributed by atoms with Crippen LogP contribution in [0.4, 0.5) is 0 Å². The molecule has 0 radical (unpaired) electrons. The molecule has 0 saturated heterocycles. The molecule has 5 heteroatoms. The van der Waals surface area contributed by atoms with E-state index in [0.717, 1.165) is 27.8 Å². The number of halogens is 1. The second kappa shape index (κ2) is 15.5. The highest BCUT2D eigenvalue weighted by Crippen LogP contribution is 2.39. The van der Waals surface area contributed by atoms with Crippen molar-refractivity contribution >= 4 is 17.6 Å². The predicted octanol–water partition coefficient (Wildman–Crippen LogP) is 8.50. The summed E-state index contributed by atoms with van der Waals surface area (Å²) in [5.41, 5.74) is 4.03. The van der Waals surface area contributed by atoms with E-state index < -0.39 is 5.54 Å². The van der Waals surface area contributed by atoms with E-state index >= 15 is 0 Å².